The van der Waals surface area contributed by atoms with Gasteiger partial charge >= 0.3 is 0 Å². The van der Waals surface area contributed by atoms with Crippen LogP contribution in [0.5, 0.6) is 0 Å². The minimum absolute atomic E-state index is 0.000407. The Kier molecular flexibility index (Phi) is 5.87. The van der Waals surface area contributed by atoms with Gasteiger partial charge in [0.05, 0.1) is 11.6 Å². The molecule has 29 heavy (non-hydrogen) atoms. The summed E-state index contributed by atoms with van der Waals surface area (Å²) in [6.07, 6.45) is 4.80. The Morgan fingerprint density at radius 1 is 1.07 bits per heavy atom. The van der Waals surface area contributed by atoms with Crippen molar-refractivity contribution in [1.82, 2.24) is 9.88 Å². The van der Waals surface area contributed by atoms with E-state index < -0.39 is 17.7 Å². The van der Waals surface area contributed by atoms with Crippen LogP contribution in [-0.2, 0) is 15.0 Å². The third-order valence-corrected chi connectivity index (χ3v) is 5.34. The number of pyridine rings is 1. The summed E-state index contributed by atoms with van der Waals surface area (Å²) >= 11 is 0. The van der Waals surface area contributed by atoms with E-state index in [-0.39, 0.29) is 16.7 Å². The van der Waals surface area contributed by atoms with Crippen LogP contribution in [0.2, 0.25) is 0 Å². The maximum absolute atomic E-state index is 12.9. The molecule has 0 spiro atoms. The van der Waals surface area contributed by atoms with Gasteiger partial charge in [0.15, 0.2) is 0 Å². The van der Waals surface area contributed by atoms with Crippen molar-refractivity contribution in [3.05, 3.63) is 71.1 Å². The zero-order valence-corrected chi connectivity index (χ0v) is 17.5. The molecule has 1 atom stereocenters. The highest BCUT2D eigenvalue weighted by Crippen LogP contribution is 2.40. The Hall–Kier alpha value is -2.95. The number of likely N-dealkylation sites (tertiary alicyclic amines) is 1. The average molecular weight is 392 g/mol. The van der Waals surface area contributed by atoms with E-state index >= 15 is 0 Å². The summed E-state index contributed by atoms with van der Waals surface area (Å²) in [5.74, 6) is -1.35. The number of unbranched alkanes of at least 4 members (excludes halogenated alkanes) is 1. The SMILES string of the molecule is CCCCN1C(=O)C(=O)/C(=C(\O)c2ccncc2)C1c1ccc(C(C)(C)C)cc1. The lowest BCUT2D eigenvalue weighted by atomic mass is 9.85. The largest absolute Gasteiger partial charge is 0.507 e. The van der Waals surface area contributed by atoms with Crippen LogP contribution in [0.1, 0.15) is 63.3 Å². The van der Waals surface area contributed by atoms with Gasteiger partial charge in [0.25, 0.3) is 11.7 Å². The first-order chi connectivity index (χ1) is 13.8. The molecule has 2 aromatic rings. The first-order valence-corrected chi connectivity index (χ1v) is 10.0. The van der Waals surface area contributed by atoms with E-state index in [0.717, 1.165) is 18.4 Å². The van der Waals surface area contributed by atoms with Gasteiger partial charge in [0, 0.05) is 24.5 Å². The molecule has 0 aliphatic carbocycles. The summed E-state index contributed by atoms with van der Waals surface area (Å²) in [5, 5.41) is 10.9. The molecule has 152 valence electrons. The highest BCUT2D eigenvalue weighted by Gasteiger charge is 2.45. The third kappa shape index (κ3) is 4.09. The molecule has 0 radical (unpaired) electrons. The highest BCUT2D eigenvalue weighted by molar-refractivity contribution is 6.46. The lowest BCUT2D eigenvalue weighted by molar-refractivity contribution is -0.139. The molecular formula is C24H28N2O3. The Morgan fingerprint density at radius 2 is 1.69 bits per heavy atom. The molecule has 1 saturated heterocycles. The smallest absolute Gasteiger partial charge is 0.295 e. The van der Waals surface area contributed by atoms with Crippen LogP contribution in [0.4, 0.5) is 0 Å². The molecule has 1 aliphatic heterocycles. The van der Waals surface area contributed by atoms with Crippen molar-refractivity contribution in [1.29, 1.82) is 0 Å². The molecule has 3 rings (SSSR count). The lowest BCUT2D eigenvalue weighted by Crippen LogP contribution is -2.30. The first kappa shape index (κ1) is 20.8. The molecule has 1 amide bonds. The Labute approximate surface area is 172 Å². The van der Waals surface area contributed by atoms with Crippen molar-refractivity contribution >= 4 is 17.4 Å². The van der Waals surface area contributed by atoms with Gasteiger partial charge in [-0.15, -0.1) is 0 Å². The summed E-state index contributed by atoms with van der Waals surface area (Å²) < 4.78 is 0. The van der Waals surface area contributed by atoms with Crippen molar-refractivity contribution < 1.29 is 14.7 Å². The van der Waals surface area contributed by atoms with E-state index in [1.54, 1.807) is 29.4 Å². The standard InChI is InChI=1S/C24H28N2O3/c1-5-6-15-26-20(16-7-9-18(10-8-16)24(2,3)4)19(22(28)23(26)29)21(27)17-11-13-25-14-12-17/h7-14,20,27H,5-6,15H2,1-4H3/b21-19-. The fourth-order valence-electron chi connectivity index (χ4n) is 3.62. The monoisotopic (exact) mass is 392 g/mol. The number of carbonyl (C=O) groups excluding carboxylic acids is 2. The van der Waals surface area contributed by atoms with E-state index in [1.807, 2.05) is 31.2 Å². The molecule has 1 aromatic carbocycles. The van der Waals surface area contributed by atoms with Crippen LogP contribution in [0, 0.1) is 0 Å². The minimum atomic E-state index is -0.639. The summed E-state index contributed by atoms with van der Waals surface area (Å²) in [7, 11) is 0. The van der Waals surface area contributed by atoms with E-state index in [1.165, 1.54) is 5.56 Å². The number of carbonyl (C=O) groups is 2. The lowest BCUT2D eigenvalue weighted by Gasteiger charge is -2.26. The van der Waals surface area contributed by atoms with Crippen LogP contribution >= 0.6 is 0 Å². The number of Topliss-reactive ketones (excluding diaryl/α,β-unsaturated/α-hetero) is 1. The van der Waals surface area contributed by atoms with Gasteiger partial charge in [-0.1, -0.05) is 58.4 Å². The van der Waals surface area contributed by atoms with E-state index in [0.29, 0.717) is 12.1 Å². The number of ketones is 1. The Morgan fingerprint density at radius 3 is 2.24 bits per heavy atom. The number of rotatable bonds is 5. The summed E-state index contributed by atoms with van der Waals surface area (Å²) in [6.45, 7) is 8.93. The number of amides is 1. The van der Waals surface area contributed by atoms with Crippen LogP contribution in [0.15, 0.2) is 54.4 Å². The van der Waals surface area contributed by atoms with Gasteiger partial charge in [-0.05, 0) is 35.1 Å². The van der Waals surface area contributed by atoms with Crippen molar-refractivity contribution in [2.75, 3.05) is 6.54 Å². The second kappa shape index (κ2) is 8.19. The predicted molar refractivity (Wildman–Crippen MR) is 113 cm³/mol. The summed E-state index contributed by atoms with van der Waals surface area (Å²) in [6, 6.07) is 10.6. The van der Waals surface area contributed by atoms with Gasteiger partial charge in [0.2, 0.25) is 0 Å². The maximum Gasteiger partial charge on any atom is 0.295 e. The number of hydrogen-bond donors (Lipinski definition) is 1. The molecule has 1 fully saturated rings. The fraction of sp³-hybridized carbons (Fsp3) is 0.375. The molecular weight excluding hydrogens is 364 g/mol. The highest BCUT2D eigenvalue weighted by atomic mass is 16.3. The molecule has 2 heterocycles. The minimum Gasteiger partial charge on any atom is -0.507 e. The summed E-state index contributed by atoms with van der Waals surface area (Å²) in [4.78, 5) is 31.2. The average Bonchev–Trinajstić information content (AvgIpc) is 2.96. The number of nitrogens with zero attached hydrogens (tertiary/aromatic N) is 2. The van der Waals surface area contributed by atoms with Gasteiger partial charge in [-0.3, -0.25) is 14.6 Å². The normalized spacial score (nSPS) is 19.0. The van der Waals surface area contributed by atoms with E-state index in [4.69, 9.17) is 0 Å². The number of hydrogen-bond acceptors (Lipinski definition) is 4. The quantitative estimate of drug-likeness (QED) is 0.459. The Bertz CT molecular complexity index is 925. The molecule has 1 aromatic heterocycles. The van der Waals surface area contributed by atoms with E-state index in [2.05, 4.69) is 25.8 Å². The second-order valence-corrected chi connectivity index (χ2v) is 8.45. The van der Waals surface area contributed by atoms with Crippen LogP contribution in [0.3, 0.4) is 0 Å². The molecule has 1 aliphatic rings. The molecule has 5 heteroatoms. The fourth-order valence-corrected chi connectivity index (χ4v) is 3.62. The zero-order chi connectivity index (χ0) is 21.2. The number of aromatic nitrogens is 1. The number of aliphatic hydroxyl groups is 1. The van der Waals surface area contributed by atoms with Crippen LogP contribution in [-0.4, -0.2) is 33.2 Å². The van der Waals surface area contributed by atoms with E-state index in [9.17, 15) is 14.7 Å². The van der Waals surface area contributed by atoms with Gasteiger partial charge < -0.3 is 10.0 Å². The van der Waals surface area contributed by atoms with Gasteiger partial charge in [-0.2, -0.15) is 0 Å². The van der Waals surface area contributed by atoms with Crippen LogP contribution in [0.25, 0.3) is 5.76 Å². The third-order valence-electron chi connectivity index (χ3n) is 5.34. The van der Waals surface area contributed by atoms with Crippen molar-refractivity contribution in [3.8, 4) is 0 Å². The molecule has 1 unspecified atom stereocenters. The molecule has 0 bridgehead atoms. The Balaban J connectivity index is 2.13. The predicted octanol–water partition coefficient (Wildman–Crippen LogP) is 4.60. The maximum atomic E-state index is 12.9. The molecule has 1 N–H and O–H groups in total. The topological polar surface area (TPSA) is 70.5 Å². The number of aliphatic hydroxyl groups excluding tert-OH is 1. The van der Waals surface area contributed by atoms with Crippen molar-refractivity contribution in [2.24, 2.45) is 0 Å². The van der Waals surface area contributed by atoms with Gasteiger partial charge in [0.1, 0.15) is 5.76 Å². The summed E-state index contributed by atoms with van der Waals surface area (Å²) in [5.41, 5.74) is 2.61. The number of benzene rings is 1. The molecule has 5 nitrogen and oxygen atoms in total. The zero-order valence-electron chi connectivity index (χ0n) is 17.5. The second-order valence-electron chi connectivity index (χ2n) is 8.45. The van der Waals surface area contributed by atoms with Crippen molar-refractivity contribution in [2.45, 2.75) is 52.0 Å². The van der Waals surface area contributed by atoms with Crippen LogP contribution < -0.4 is 0 Å². The first-order valence-electron chi connectivity index (χ1n) is 10.0. The van der Waals surface area contributed by atoms with Crippen molar-refractivity contribution in [3.63, 3.8) is 0 Å². The van der Waals surface area contributed by atoms with Gasteiger partial charge in [-0.25, -0.2) is 0 Å². The molecule has 0 saturated carbocycles.